The van der Waals surface area contributed by atoms with E-state index in [1.54, 1.807) is 6.92 Å². The first-order chi connectivity index (χ1) is 6.16. The van der Waals surface area contributed by atoms with Crippen LogP contribution in [0.3, 0.4) is 0 Å². The maximum Gasteiger partial charge on any atom is 0.329 e. The van der Waals surface area contributed by atoms with Crippen molar-refractivity contribution in [2.45, 2.75) is 6.92 Å². The van der Waals surface area contributed by atoms with Crippen molar-refractivity contribution < 1.29 is 19.4 Å². The second-order valence-electron chi connectivity index (χ2n) is 2.23. The largest absolute Gasteiger partial charge is 0.480 e. The maximum atomic E-state index is 10.7. The molecule has 0 aromatic heterocycles. The molecule has 0 aliphatic rings. The minimum absolute atomic E-state index is 0.198. The van der Waals surface area contributed by atoms with Crippen molar-refractivity contribution in [2.24, 2.45) is 0 Å². The number of carboxylic acids is 1. The van der Waals surface area contributed by atoms with Crippen LogP contribution < -0.4 is 10.6 Å². The van der Waals surface area contributed by atoms with E-state index in [0.29, 0.717) is 13.1 Å². The molecule has 0 saturated heterocycles. The highest BCUT2D eigenvalue weighted by Crippen LogP contribution is 1.73. The number of nitrogens with one attached hydrogen (secondary N) is 2. The molecule has 0 radical (unpaired) electrons. The van der Waals surface area contributed by atoms with Gasteiger partial charge in [-0.2, -0.15) is 0 Å². The molecule has 0 saturated carbocycles. The summed E-state index contributed by atoms with van der Waals surface area (Å²) in [5.74, 6) is -1.02. The van der Waals surface area contributed by atoms with Gasteiger partial charge in [-0.25, -0.2) is 9.59 Å². The standard InChI is InChI=1S/C7H14N2O4/c1-2-8-7(12)9-3-4-13-5-6(10)11/h2-5H2,1H3,(H,10,11)(H2,8,9,12). The lowest BCUT2D eigenvalue weighted by atomic mass is 10.6. The van der Waals surface area contributed by atoms with Crippen LogP contribution >= 0.6 is 0 Å². The van der Waals surface area contributed by atoms with Gasteiger partial charge in [0, 0.05) is 13.1 Å². The Kier molecular flexibility index (Phi) is 6.62. The summed E-state index contributed by atoms with van der Waals surface area (Å²) in [4.78, 5) is 20.7. The first-order valence-corrected chi connectivity index (χ1v) is 3.98. The minimum atomic E-state index is -1.02. The zero-order chi connectivity index (χ0) is 10.1. The number of amides is 2. The summed E-state index contributed by atoms with van der Waals surface area (Å²) < 4.78 is 4.68. The van der Waals surface area contributed by atoms with Crippen LogP contribution in [0.5, 0.6) is 0 Å². The molecule has 0 atom stereocenters. The van der Waals surface area contributed by atoms with Gasteiger partial charge in [-0.3, -0.25) is 0 Å². The summed E-state index contributed by atoms with van der Waals surface area (Å²) in [6.07, 6.45) is 0. The third-order valence-corrected chi connectivity index (χ3v) is 1.09. The molecular weight excluding hydrogens is 176 g/mol. The monoisotopic (exact) mass is 190 g/mol. The topological polar surface area (TPSA) is 87.7 Å². The second-order valence-corrected chi connectivity index (χ2v) is 2.23. The fourth-order valence-corrected chi connectivity index (χ4v) is 0.619. The van der Waals surface area contributed by atoms with Gasteiger partial charge >= 0.3 is 12.0 Å². The summed E-state index contributed by atoms with van der Waals surface area (Å²) in [5.41, 5.74) is 0. The lowest BCUT2D eigenvalue weighted by Gasteiger charge is -2.04. The first-order valence-electron chi connectivity index (χ1n) is 3.98. The number of urea groups is 1. The summed E-state index contributed by atoms with van der Waals surface area (Å²) in [5, 5.41) is 13.2. The van der Waals surface area contributed by atoms with Crippen LogP contribution in [0, 0.1) is 0 Å². The molecule has 0 aromatic rings. The molecule has 0 fully saturated rings. The van der Waals surface area contributed by atoms with E-state index < -0.39 is 5.97 Å². The summed E-state index contributed by atoms with van der Waals surface area (Å²) >= 11 is 0. The third kappa shape index (κ3) is 8.61. The Balaban J connectivity index is 3.16. The number of carbonyl (C=O) groups excluding carboxylic acids is 1. The minimum Gasteiger partial charge on any atom is -0.480 e. The SMILES string of the molecule is CCNC(=O)NCCOCC(=O)O. The number of carboxylic acid groups (broad SMARTS) is 1. The van der Waals surface area contributed by atoms with Gasteiger partial charge in [0.2, 0.25) is 0 Å². The van der Waals surface area contributed by atoms with Gasteiger partial charge in [-0.1, -0.05) is 0 Å². The van der Waals surface area contributed by atoms with E-state index in [2.05, 4.69) is 15.4 Å². The van der Waals surface area contributed by atoms with Crippen molar-refractivity contribution in [1.82, 2.24) is 10.6 Å². The van der Waals surface area contributed by atoms with Crippen LogP contribution in [0.15, 0.2) is 0 Å². The van der Waals surface area contributed by atoms with Gasteiger partial charge in [-0.05, 0) is 6.92 Å². The molecule has 76 valence electrons. The maximum absolute atomic E-state index is 10.7. The number of rotatable bonds is 6. The fourth-order valence-electron chi connectivity index (χ4n) is 0.619. The summed E-state index contributed by atoms with van der Waals surface area (Å²) in [6, 6.07) is -0.276. The van der Waals surface area contributed by atoms with Gasteiger partial charge in [0.05, 0.1) is 6.61 Å². The van der Waals surface area contributed by atoms with Gasteiger partial charge in [0.15, 0.2) is 0 Å². The Bertz CT molecular complexity index is 172. The lowest BCUT2D eigenvalue weighted by molar-refractivity contribution is -0.142. The molecule has 6 nitrogen and oxygen atoms in total. The summed E-state index contributed by atoms with van der Waals surface area (Å²) in [6.45, 7) is 2.53. The molecule has 6 heteroatoms. The number of hydrogen-bond donors (Lipinski definition) is 3. The lowest BCUT2D eigenvalue weighted by Crippen LogP contribution is -2.37. The van der Waals surface area contributed by atoms with Crippen LogP contribution in [0.25, 0.3) is 0 Å². The molecule has 3 N–H and O–H groups in total. The smallest absolute Gasteiger partial charge is 0.329 e. The van der Waals surface area contributed by atoms with E-state index in [-0.39, 0.29) is 19.2 Å². The molecule has 0 aliphatic carbocycles. The molecule has 13 heavy (non-hydrogen) atoms. The molecule has 0 bridgehead atoms. The first kappa shape index (κ1) is 11.7. The van der Waals surface area contributed by atoms with Crippen LogP contribution in [0.2, 0.25) is 0 Å². The quantitative estimate of drug-likeness (QED) is 0.488. The highest BCUT2D eigenvalue weighted by Gasteiger charge is 1.98. The Morgan fingerprint density at radius 3 is 2.62 bits per heavy atom. The Labute approximate surface area is 76.3 Å². The van der Waals surface area contributed by atoms with Gasteiger partial charge in [0.1, 0.15) is 6.61 Å². The van der Waals surface area contributed by atoms with Crippen molar-refractivity contribution in [2.75, 3.05) is 26.3 Å². The van der Waals surface area contributed by atoms with E-state index in [9.17, 15) is 9.59 Å². The van der Waals surface area contributed by atoms with E-state index >= 15 is 0 Å². The average molecular weight is 190 g/mol. The van der Waals surface area contributed by atoms with Gasteiger partial charge in [0.25, 0.3) is 0 Å². The predicted octanol–water partition coefficient (Wildman–Crippen LogP) is -0.593. The van der Waals surface area contributed by atoms with E-state index in [1.807, 2.05) is 0 Å². The molecule has 0 aromatic carbocycles. The van der Waals surface area contributed by atoms with Crippen LogP contribution in [-0.4, -0.2) is 43.4 Å². The molecule has 0 heterocycles. The molecular formula is C7H14N2O4. The van der Waals surface area contributed by atoms with Crippen LogP contribution in [0.1, 0.15) is 6.92 Å². The number of carbonyl (C=O) groups is 2. The van der Waals surface area contributed by atoms with Crippen LogP contribution in [-0.2, 0) is 9.53 Å². The number of aliphatic carboxylic acids is 1. The van der Waals surface area contributed by atoms with Crippen molar-refractivity contribution in [3.05, 3.63) is 0 Å². The normalized spacial score (nSPS) is 9.31. The van der Waals surface area contributed by atoms with E-state index in [0.717, 1.165) is 0 Å². The second kappa shape index (κ2) is 7.35. The van der Waals surface area contributed by atoms with Gasteiger partial charge in [-0.15, -0.1) is 0 Å². The van der Waals surface area contributed by atoms with Crippen molar-refractivity contribution in [3.63, 3.8) is 0 Å². The van der Waals surface area contributed by atoms with E-state index in [4.69, 9.17) is 5.11 Å². The highest BCUT2D eigenvalue weighted by atomic mass is 16.5. The zero-order valence-electron chi connectivity index (χ0n) is 7.50. The van der Waals surface area contributed by atoms with Crippen molar-refractivity contribution in [3.8, 4) is 0 Å². The van der Waals surface area contributed by atoms with Crippen LogP contribution in [0.4, 0.5) is 4.79 Å². The van der Waals surface area contributed by atoms with E-state index in [1.165, 1.54) is 0 Å². The predicted molar refractivity (Wildman–Crippen MR) is 45.5 cm³/mol. The summed E-state index contributed by atoms with van der Waals surface area (Å²) in [7, 11) is 0. The third-order valence-electron chi connectivity index (χ3n) is 1.09. The number of hydrogen-bond acceptors (Lipinski definition) is 3. The molecule has 2 amide bonds. The van der Waals surface area contributed by atoms with Gasteiger partial charge < -0.3 is 20.5 Å². The average Bonchev–Trinajstić information content (AvgIpc) is 2.03. The molecule has 0 rings (SSSR count). The Morgan fingerprint density at radius 2 is 2.08 bits per heavy atom. The zero-order valence-corrected chi connectivity index (χ0v) is 7.50. The molecule has 0 spiro atoms. The van der Waals surface area contributed by atoms with Crippen molar-refractivity contribution >= 4 is 12.0 Å². The Hall–Kier alpha value is -1.30. The Morgan fingerprint density at radius 1 is 1.38 bits per heavy atom. The fraction of sp³-hybridized carbons (Fsp3) is 0.714. The highest BCUT2D eigenvalue weighted by molar-refractivity contribution is 5.73. The number of ether oxygens (including phenoxy) is 1. The molecule has 0 unspecified atom stereocenters. The molecule has 0 aliphatic heterocycles. The van der Waals surface area contributed by atoms with Crippen molar-refractivity contribution in [1.29, 1.82) is 0 Å².